The SMILES string of the molecule is Cc1ccnc2nc(C(=O)NCCOc3ccccc3-c3ccccc3)nn12. The highest BCUT2D eigenvalue weighted by Gasteiger charge is 2.14. The molecule has 1 N–H and O–H groups in total. The molecule has 0 atom stereocenters. The summed E-state index contributed by atoms with van der Waals surface area (Å²) in [5.41, 5.74) is 2.95. The van der Waals surface area contributed by atoms with Crippen LogP contribution in [-0.2, 0) is 0 Å². The Bertz CT molecular complexity index is 1110. The summed E-state index contributed by atoms with van der Waals surface area (Å²) < 4.78 is 7.43. The second kappa shape index (κ2) is 7.87. The fourth-order valence-corrected chi connectivity index (χ4v) is 2.86. The number of carbonyl (C=O) groups excluding carboxylic acids is 1. The van der Waals surface area contributed by atoms with Crippen molar-refractivity contribution in [1.82, 2.24) is 24.9 Å². The Morgan fingerprint density at radius 2 is 1.86 bits per heavy atom. The molecule has 2 aromatic heterocycles. The predicted molar refractivity (Wildman–Crippen MR) is 105 cm³/mol. The molecule has 0 saturated carbocycles. The second-order valence-electron chi connectivity index (χ2n) is 6.20. The lowest BCUT2D eigenvalue weighted by molar-refractivity contribution is 0.0937. The van der Waals surface area contributed by atoms with Crippen molar-refractivity contribution >= 4 is 11.7 Å². The van der Waals surface area contributed by atoms with E-state index in [0.29, 0.717) is 18.9 Å². The fraction of sp³-hybridized carbons (Fsp3) is 0.143. The molecule has 1 amide bonds. The normalized spacial score (nSPS) is 10.8. The van der Waals surface area contributed by atoms with Crippen LogP contribution in [0.5, 0.6) is 5.75 Å². The zero-order valence-corrected chi connectivity index (χ0v) is 15.4. The second-order valence-corrected chi connectivity index (χ2v) is 6.20. The molecule has 2 aromatic carbocycles. The molecule has 0 unspecified atom stereocenters. The summed E-state index contributed by atoms with van der Waals surface area (Å²) in [7, 11) is 0. The first-order chi connectivity index (χ1) is 13.7. The standard InChI is InChI=1S/C21H19N5O2/c1-15-11-12-23-21-24-19(25-26(15)21)20(27)22-13-14-28-18-10-6-5-9-17(18)16-7-3-2-4-8-16/h2-12H,13-14H2,1H3,(H,22,27). The lowest BCUT2D eigenvalue weighted by Crippen LogP contribution is -2.29. The van der Waals surface area contributed by atoms with Crippen LogP contribution in [0.2, 0.25) is 0 Å². The van der Waals surface area contributed by atoms with Crippen molar-refractivity contribution < 1.29 is 9.53 Å². The number of ether oxygens (including phenoxy) is 1. The molecule has 7 heteroatoms. The summed E-state index contributed by atoms with van der Waals surface area (Å²) in [5.74, 6) is 0.906. The summed E-state index contributed by atoms with van der Waals surface area (Å²) in [6.45, 7) is 2.55. The Morgan fingerprint density at radius 1 is 1.07 bits per heavy atom. The first kappa shape index (κ1) is 17.7. The van der Waals surface area contributed by atoms with Crippen LogP contribution in [0.4, 0.5) is 0 Å². The highest BCUT2D eigenvalue weighted by atomic mass is 16.5. The molecule has 0 bridgehead atoms. The molecule has 0 aliphatic heterocycles. The first-order valence-corrected chi connectivity index (χ1v) is 8.96. The molecule has 0 fully saturated rings. The van der Waals surface area contributed by atoms with Gasteiger partial charge in [0.1, 0.15) is 12.4 Å². The molecular weight excluding hydrogens is 354 g/mol. The third kappa shape index (κ3) is 3.68. The van der Waals surface area contributed by atoms with Crippen molar-refractivity contribution in [3.8, 4) is 16.9 Å². The van der Waals surface area contributed by atoms with Gasteiger partial charge in [-0.25, -0.2) is 9.50 Å². The minimum Gasteiger partial charge on any atom is -0.491 e. The highest BCUT2D eigenvalue weighted by molar-refractivity contribution is 5.90. The number of hydrogen-bond donors (Lipinski definition) is 1. The molecule has 0 saturated heterocycles. The lowest BCUT2D eigenvalue weighted by atomic mass is 10.1. The molecule has 2 heterocycles. The van der Waals surface area contributed by atoms with Gasteiger partial charge in [-0.2, -0.15) is 4.98 Å². The van der Waals surface area contributed by atoms with Crippen molar-refractivity contribution in [3.63, 3.8) is 0 Å². The van der Waals surface area contributed by atoms with Crippen LogP contribution in [0.1, 0.15) is 16.3 Å². The number of benzene rings is 2. The molecule has 140 valence electrons. The van der Waals surface area contributed by atoms with Gasteiger partial charge in [0.05, 0.1) is 6.54 Å². The number of aromatic nitrogens is 4. The third-order valence-electron chi connectivity index (χ3n) is 4.25. The summed E-state index contributed by atoms with van der Waals surface area (Å²) in [6, 6.07) is 19.7. The molecule has 7 nitrogen and oxygen atoms in total. The molecule has 0 radical (unpaired) electrons. The number of para-hydroxylation sites is 1. The lowest BCUT2D eigenvalue weighted by Gasteiger charge is -2.11. The van der Waals surface area contributed by atoms with Crippen LogP contribution >= 0.6 is 0 Å². The summed E-state index contributed by atoms with van der Waals surface area (Å²) >= 11 is 0. The minimum atomic E-state index is -0.357. The monoisotopic (exact) mass is 373 g/mol. The summed E-state index contributed by atoms with van der Waals surface area (Å²) in [6.07, 6.45) is 1.64. The smallest absolute Gasteiger partial charge is 0.291 e. The van der Waals surface area contributed by atoms with E-state index in [1.807, 2.05) is 61.5 Å². The van der Waals surface area contributed by atoms with E-state index >= 15 is 0 Å². The van der Waals surface area contributed by atoms with E-state index in [-0.39, 0.29) is 11.7 Å². The molecule has 0 spiro atoms. The van der Waals surface area contributed by atoms with Crippen molar-refractivity contribution in [2.24, 2.45) is 0 Å². The molecule has 28 heavy (non-hydrogen) atoms. The number of rotatable bonds is 6. The van der Waals surface area contributed by atoms with Gasteiger partial charge in [0, 0.05) is 17.5 Å². The molecular formula is C21H19N5O2. The van der Waals surface area contributed by atoms with Gasteiger partial charge < -0.3 is 10.1 Å². The van der Waals surface area contributed by atoms with Gasteiger partial charge in [-0.3, -0.25) is 4.79 Å². The Balaban J connectivity index is 1.37. The number of nitrogens with one attached hydrogen (secondary N) is 1. The Kier molecular flexibility index (Phi) is 4.97. The maximum absolute atomic E-state index is 12.3. The number of nitrogens with zero attached hydrogens (tertiary/aromatic N) is 4. The van der Waals surface area contributed by atoms with E-state index in [1.54, 1.807) is 16.8 Å². The van der Waals surface area contributed by atoms with E-state index < -0.39 is 0 Å². The van der Waals surface area contributed by atoms with Gasteiger partial charge >= 0.3 is 0 Å². The van der Waals surface area contributed by atoms with Crippen LogP contribution in [-0.4, -0.2) is 38.6 Å². The maximum atomic E-state index is 12.3. The fourth-order valence-electron chi connectivity index (χ4n) is 2.86. The molecule has 0 aliphatic rings. The zero-order valence-electron chi connectivity index (χ0n) is 15.4. The van der Waals surface area contributed by atoms with Crippen LogP contribution in [0.25, 0.3) is 16.9 Å². The number of hydrogen-bond acceptors (Lipinski definition) is 5. The van der Waals surface area contributed by atoms with Gasteiger partial charge in [-0.1, -0.05) is 48.5 Å². The van der Waals surface area contributed by atoms with E-state index in [9.17, 15) is 4.79 Å². The van der Waals surface area contributed by atoms with Gasteiger partial charge in [0.2, 0.25) is 5.82 Å². The van der Waals surface area contributed by atoms with Gasteiger partial charge in [0.25, 0.3) is 11.7 Å². The Hall–Kier alpha value is -3.74. The van der Waals surface area contributed by atoms with Gasteiger partial charge in [0.15, 0.2) is 0 Å². The average Bonchev–Trinajstić information content (AvgIpc) is 3.18. The number of aryl methyl sites for hydroxylation is 1. The molecule has 0 aliphatic carbocycles. The molecule has 4 aromatic rings. The predicted octanol–water partition coefficient (Wildman–Crippen LogP) is 2.91. The van der Waals surface area contributed by atoms with E-state index in [4.69, 9.17) is 4.74 Å². The van der Waals surface area contributed by atoms with Gasteiger partial charge in [-0.15, -0.1) is 5.10 Å². The zero-order chi connectivity index (χ0) is 19.3. The van der Waals surface area contributed by atoms with Crippen LogP contribution in [0.15, 0.2) is 66.9 Å². The van der Waals surface area contributed by atoms with E-state index in [0.717, 1.165) is 22.6 Å². The Morgan fingerprint density at radius 3 is 2.68 bits per heavy atom. The third-order valence-corrected chi connectivity index (χ3v) is 4.25. The van der Waals surface area contributed by atoms with E-state index in [1.165, 1.54) is 0 Å². The topological polar surface area (TPSA) is 81.4 Å². The van der Waals surface area contributed by atoms with Crippen LogP contribution in [0.3, 0.4) is 0 Å². The van der Waals surface area contributed by atoms with Crippen molar-refractivity contribution in [2.45, 2.75) is 6.92 Å². The summed E-state index contributed by atoms with van der Waals surface area (Å²) in [4.78, 5) is 20.5. The Labute approximate surface area is 162 Å². The summed E-state index contributed by atoms with van der Waals surface area (Å²) in [5, 5.41) is 6.97. The number of amides is 1. The number of fused-ring (bicyclic) bond motifs is 1. The van der Waals surface area contributed by atoms with Crippen molar-refractivity contribution in [1.29, 1.82) is 0 Å². The van der Waals surface area contributed by atoms with Gasteiger partial charge in [-0.05, 0) is 24.6 Å². The average molecular weight is 373 g/mol. The quantitative estimate of drug-likeness (QED) is 0.526. The van der Waals surface area contributed by atoms with E-state index in [2.05, 4.69) is 20.4 Å². The number of carbonyl (C=O) groups is 1. The highest BCUT2D eigenvalue weighted by Crippen LogP contribution is 2.29. The minimum absolute atomic E-state index is 0.0893. The molecule has 4 rings (SSSR count). The largest absolute Gasteiger partial charge is 0.491 e. The van der Waals surface area contributed by atoms with Crippen LogP contribution in [0, 0.1) is 6.92 Å². The van der Waals surface area contributed by atoms with Crippen molar-refractivity contribution in [3.05, 3.63) is 78.4 Å². The maximum Gasteiger partial charge on any atom is 0.291 e. The first-order valence-electron chi connectivity index (χ1n) is 8.96. The van der Waals surface area contributed by atoms with Crippen molar-refractivity contribution in [2.75, 3.05) is 13.2 Å². The van der Waals surface area contributed by atoms with Crippen LogP contribution < -0.4 is 10.1 Å².